The standard InChI is InChI=1S/C14H24N4O2/c1-10(2)20-13-11(15)12(16-9-17-13)18-7-4-5-14(3,19)6-8-18/h9-10,19H,4-8,15H2,1-3H3. The van der Waals surface area contributed by atoms with Crippen molar-refractivity contribution in [1.82, 2.24) is 9.97 Å². The number of aromatic nitrogens is 2. The highest BCUT2D eigenvalue weighted by Gasteiger charge is 2.27. The molecule has 1 aliphatic heterocycles. The smallest absolute Gasteiger partial charge is 0.242 e. The van der Waals surface area contributed by atoms with Gasteiger partial charge in [-0.05, 0) is 40.0 Å². The highest BCUT2D eigenvalue weighted by atomic mass is 16.5. The Bertz CT molecular complexity index is 462. The van der Waals surface area contributed by atoms with Gasteiger partial charge in [0.15, 0.2) is 5.82 Å². The molecule has 6 heteroatoms. The summed E-state index contributed by atoms with van der Waals surface area (Å²) in [5, 5.41) is 10.1. The quantitative estimate of drug-likeness (QED) is 0.874. The van der Waals surface area contributed by atoms with Crippen molar-refractivity contribution < 1.29 is 9.84 Å². The van der Waals surface area contributed by atoms with E-state index in [-0.39, 0.29) is 6.10 Å². The number of nitrogen functional groups attached to an aromatic ring is 1. The lowest BCUT2D eigenvalue weighted by Crippen LogP contribution is -2.29. The molecule has 0 aliphatic carbocycles. The van der Waals surface area contributed by atoms with Crippen LogP contribution in [0.2, 0.25) is 0 Å². The minimum absolute atomic E-state index is 0.0184. The topological polar surface area (TPSA) is 84.5 Å². The van der Waals surface area contributed by atoms with Crippen molar-refractivity contribution in [3.8, 4) is 5.88 Å². The number of rotatable bonds is 3. The fourth-order valence-electron chi connectivity index (χ4n) is 2.42. The van der Waals surface area contributed by atoms with Crippen molar-refractivity contribution in [2.24, 2.45) is 0 Å². The summed E-state index contributed by atoms with van der Waals surface area (Å²) in [4.78, 5) is 10.5. The van der Waals surface area contributed by atoms with Crippen LogP contribution >= 0.6 is 0 Å². The van der Waals surface area contributed by atoms with E-state index in [1.54, 1.807) is 0 Å². The molecular formula is C14H24N4O2. The maximum Gasteiger partial charge on any atom is 0.242 e. The molecular weight excluding hydrogens is 256 g/mol. The molecule has 1 fully saturated rings. The highest BCUT2D eigenvalue weighted by molar-refractivity contribution is 5.67. The van der Waals surface area contributed by atoms with Gasteiger partial charge in [0.1, 0.15) is 12.0 Å². The molecule has 0 radical (unpaired) electrons. The van der Waals surface area contributed by atoms with Crippen molar-refractivity contribution in [3.05, 3.63) is 6.33 Å². The van der Waals surface area contributed by atoms with Crippen LogP contribution in [0.15, 0.2) is 6.33 Å². The zero-order valence-corrected chi connectivity index (χ0v) is 12.5. The minimum Gasteiger partial charge on any atom is -0.473 e. The van der Waals surface area contributed by atoms with Crippen LogP contribution in [0.4, 0.5) is 11.5 Å². The molecule has 0 bridgehead atoms. The lowest BCUT2D eigenvalue weighted by atomic mass is 9.98. The molecule has 3 N–H and O–H groups in total. The average molecular weight is 280 g/mol. The summed E-state index contributed by atoms with van der Waals surface area (Å²) in [6.07, 6.45) is 3.91. The van der Waals surface area contributed by atoms with E-state index in [1.165, 1.54) is 6.33 Å². The van der Waals surface area contributed by atoms with Gasteiger partial charge >= 0.3 is 0 Å². The molecule has 2 heterocycles. The summed E-state index contributed by atoms with van der Waals surface area (Å²) >= 11 is 0. The normalized spacial score (nSPS) is 23.8. The van der Waals surface area contributed by atoms with Gasteiger partial charge in [0, 0.05) is 13.1 Å². The third-order valence-electron chi connectivity index (χ3n) is 3.54. The number of anilines is 2. The monoisotopic (exact) mass is 280 g/mol. The molecule has 2 rings (SSSR count). The van der Waals surface area contributed by atoms with Gasteiger partial charge in [-0.1, -0.05) is 0 Å². The molecule has 6 nitrogen and oxygen atoms in total. The average Bonchev–Trinajstić information content (AvgIpc) is 2.53. The minimum atomic E-state index is -0.603. The molecule has 0 saturated carbocycles. The Kier molecular flexibility index (Phi) is 4.32. The third kappa shape index (κ3) is 3.50. The first-order valence-corrected chi connectivity index (χ1v) is 7.13. The van der Waals surface area contributed by atoms with Crippen LogP contribution in [0.5, 0.6) is 5.88 Å². The van der Waals surface area contributed by atoms with Crippen LogP contribution in [-0.2, 0) is 0 Å². The summed E-state index contributed by atoms with van der Waals surface area (Å²) in [5.74, 6) is 1.13. The zero-order chi connectivity index (χ0) is 14.8. The van der Waals surface area contributed by atoms with E-state index in [2.05, 4.69) is 14.9 Å². The van der Waals surface area contributed by atoms with Crippen LogP contribution in [-0.4, -0.2) is 39.9 Å². The fraction of sp³-hybridized carbons (Fsp3) is 0.714. The predicted octanol–water partition coefficient (Wildman–Crippen LogP) is 1.59. The molecule has 0 amide bonds. The first-order valence-electron chi connectivity index (χ1n) is 7.13. The molecule has 1 unspecified atom stereocenters. The van der Waals surface area contributed by atoms with Gasteiger partial charge < -0.3 is 20.5 Å². The van der Waals surface area contributed by atoms with Gasteiger partial charge in [-0.15, -0.1) is 0 Å². The van der Waals surface area contributed by atoms with Gasteiger partial charge in [-0.25, -0.2) is 4.98 Å². The Morgan fingerprint density at radius 3 is 2.80 bits per heavy atom. The summed E-state index contributed by atoms with van der Waals surface area (Å²) in [6, 6.07) is 0. The summed E-state index contributed by atoms with van der Waals surface area (Å²) in [7, 11) is 0. The van der Waals surface area contributed by atoms with Crippen molar-refractivity contribution in [2.75, 3.05) is 23.7 Å². The Balaban J connectivity index is 2.20. The lowest BCUT2D eigenvalue weighted by molar-refractivity contribution is 0.0481. The molecule has 20 heavy (non-hydrogen) atoms. The highest BCUT2D eigenvalue weighted by Crippen LogP contribution is 2.31. The molecule has 112 valence electrons. The lowest BCUT2D eigenvalue weighted by Gasteiger charge is -2.25. The Morgan fingerprint density at radius 1 is 1.35 bits per heavy atom. The summed E-state index contributed by atoms with van der Waals surface area (Å²) in [5.41, 5.74) is 6.00. The first kappa shape index (κ1) is 14.8. The second-order valence-corrected chi connectivity index (χ2v) is 5.92. The maximum atomic E-state index is 10.1. The number of ether oxygens (including phenoxy) is 1. The number of hydrogen-bond acceptors (Lipinski definition) is 6. The van der Waals surface area contributed by atoms with E-state index >= 15 is 0 Å². The van der Waals surface area contributed by atoms with Crippen LogP contribution in [0.25, 0.3) is 0 Å². The van der Waals surface area contributed by atoms with Gasteiger partial charge in [0.05, 0.1) is 11.7 Å². The summed E-state index contributed by atoms with van der Waals surface area (Å²) < 4.78 is 5.60. The van der Waals surface area contributed by atoms with Crippen molar-refractivity contribution in [3.63, 3.8) is 0 Å². The van der Waals surface area contributed by atoms with Gasteiger partial charge in [-0.2, -0.15) is 4.98 Å². The number of hydrogen-bond donors (Lipinski definition) is 2. The van der Waals surface area contributed by atoms with Gasteiger partial charge in [0.25, 0.3) is 0 Å². The number of nitrogens with zero attached hydrogens (tertiary/aromatic N) is 3. The fourth-order valence-corrected chi connectivity index (χ4v) is 2.42. The van der Waals surface area contributed by atoms with E-state index in [0.717, 1.165) is 25.9 Å². The summed E-state index contributed by atoms with van der Waals surface area (Å²) in [6.45, 7) is 7.32. The predicted molar refractivity (Wildman–Crippen MR) is 78.9 cm³/mol. The van der Waals surface area contributed by atoms with E-state index in [1.807, 2.05) is 20.8 Å². The van der Waals surface area contributed by atoms with E-state index < -0.39 is 5.60 Å². The number of nitrogens with two attached hydrogens (primary N) is 1. The SMILES string of the molecule is CC(C)Oc1ncnc(N2CCCC(C)(O)CC2)c1N. The van der Waals surface area contributed by atoms with Crippen LogP contribution in [0.3, 0.4) is 0 Å². The Hall–Kier alpha value is -1.56. The van der Waals surface area contributed by atoms with Crippen LogP contribution in [0.1, 0.15) is 40.0 Å². The third-order valence-corrected chi connectivity index (χ3v) is 3.54. The molecule has 0 aromatic carbocycles. The van der Waals surface area contributed by atoms with E-state index in [9.17, 15) is 5.11 Å². The Morgan fingerprint density at radius 2 is 2.10 bits per heavy atom. The van der Waals surface area contributed by atoms with Crippen LogP contribution < -0.4 is 15.4 Å². The molecule has 1 aliphatic rings. The molecule has 1 aromatic heterocycles. The maximum absolute atomic E-state index is 10.1. The first-order chi connectivity index (χ1) is 9.39. The van der Waals surface area contributed by atoms with Crippen molar-refractivity contribution in [1.29, 1.82) is 0 Å². The van der Waals surface area contributed by atoms with E-state index in [0.29, 0.717) is 23.8 Å². The zero-order valence-electron chi connectivity index (χ0n) is 12.5. The van der Waals surface area contributed by atoms with Crippen molar-refractivity contribution >= 4 is 11.5 Å². The van der Waals surface area contributed by atoms with Gasteiger partial charge in [0.2, 0.25) is 5.88 Å². The van der Waals surface area contributed by atoms with Crippen molar-refractivity contribution in [2.45, 2.75) is 51.7 Å². The second-order valence-electron chi connectivity index (χ2n) is 5.92. The second kappa shape index (κ2) is 5.83. The molecule has 0 spiro atoms. The number of aliphatic hydroxyl groups is 1. The largest absolute Gasteiger partial charge is 0.473 e. The molecule has 1 saturated heterocycles. The van der Waals surface area contributed by atoms with Gasteiger partial charge in [-0.3, -0.25) is 0 Å². The Labute approximate surface area is 120 Å². The molecule has 1 aromatic rings. The van der Waals surface area contributed by atoms with Crippen LogP contribution in [0, 0.1) is 0 Å². The molecule has 1 atom stereocenters. The van der Waals surface area contributed by atoms with E-state index in [4.69, 9.17) is 10.5 Å².